The minimum atomic E-state index is -3.82. The van der Waals surface area contributed by atoms with Crippen molar-refractivity contribution in [3.63, 3.8) is 0 Å². The Labute approximate surface area is 174 Å². The predicted molar refractivity (Wildman–Crippen MR) is 115 cm³/mol. The van der Waals surface area contributed by atoms with Crippen LogP contribution in [0.1, 0.15) is 11.1 Å². The van der Waals surface area contributed by atoms with Crippen molar-refractivity contribution in [1.82, 2.24) is 4.72 Å². The summed E-state index contributed by atoms with van der Waals surface area (Å²) in [6, 6.07) is 16.9. The fourth-order valence-electron chi connectivity index (χ4n) is 2.84. The highest BCUT2D eigenvalue weighted by Gasteiger charge is 2.27. The zero-order chi connectivity index (χ0) is 20.9. The first kappa shape index (κ1) is 21.0. The normalized spacial score (nSPS) is 12.3. The third kappa shape index (κ3) is 5.44. The van der Waals surface area contributed by atoms with E-state index in [0.29, 0.717) is 11.4 Å². The van der Waals surface area contributed by atoms with Gasteiger partial charge in [-0.25, -0.2) is 8.42 Å². The number of carbonyl (C=O) groups is 1. The van der Waals surface area contributed by atoms with Gasteiger partial charge in [0.05, 0.1) is 12.8 Å². The minimum Gasteiger partial charge on any atom is -0.495 e. The number of nitrogens with one attached hydrogen (secondary N) is 2. The van der Waals surface area contributed by atoms with Crippen LogP contribution < -0.4 is 14.8 Å². The predicted octanol–water partition coefficient (Wildman–Crippen LogP) is 3.59. The second-order valence-corrected chi connectivity index (χ2v) is 9.38. The fourth-order valence-corrected chi connectivity index (χ4v) is 5.04. The molecule has 0 unspecified atom stereocenters. The molecule has 1 atom stereocenters. The molecule has 2 aromatic carbocycles. The van der Waals surface area contributed by atoms with Crippen molar-refractivity contribution in [2.24, 2.45) is 0 Å². The lowest BCUT2D eigenvalue weighted by Crippen LogP contribution is -2.45. The van der Waals surface area contributed by atoms with E-state index >= 15 is 0 Å². The Morgan fingerprint density at radius 1 is 1.10 bits per heavy atom. The maximum absolute atomic E-state index is 13.1. The number of carbonyl (C=O) groups excluding carboxylic acids is 1. The molecule has 152 valence electrons. The number of rotatable bonds is 8. The van der Waals surface area contributed by atoms with E-state index in [-0.39, 0.29) is 10.6 Å². The highest BCUT2D eigenvalue weighted by molar-refractivity contribution is 7.91. The number of anilines is 1. The van der Waals surface area contributed by atoms with Gasteiger partial charge in [-0.3, -0.25) is 4.79 Å². The standard InChI is InChI=1S/C21H22N2O4S2/c1-15-10-11-19(27-2)17(13-15)22-21(24)18(14-16-7-4-3-5-8-16)23-29(25,26)20-9-6-12-28-20/h3-13,18,23H,14H2,1-2H3,(H,22,24)/t18-/m1/s1. The molecule has 0 aliphatic rings. The lowest BCUT2D eigenvalue weighted by Gasteiger charge is -2.19. The van der Waals surface area contributed by atoms with Gasteiger partial charge in [0.1, 0.15) is 16.0 Å². The van der Waals surface area contributed by atoms with E-state index in [2.05, 4.69) is 10.0 Å². The molecule has 1 aromatic heterocycles. The Morgan fingerprint density at radius 2 is 1.86 bits per heavy atom. The average molecular weight is 431 g/mol. The maximum Gasteiger partial charge on any atom is 0.250 e. The number of benzene rings is 2. The van der Waals surface area contributed by atoms with Crippen molar-refractivity contribution in [2.45, 2.75) is 23.6 Å². The molecule has 1 amide bonds. The Morgan fingerprint density at radius 3 is 2.52 bits per heavy atom. The molecule has 29 heavy (non-hydrogen) atoms. The van der Waals surface area contributed by atoms with Crippen molar-refractivity contribution in [1.29, 1.82) is 0 Å². The van der Waals surface area contributed by atoms with Crippen molar-refractivity contribution < 1.29 is 17.9 Å². The molecule has 8 heteroatoms. The molecule has 0 spiro atoms. The molecular weight excluding hydrogens is 408 g/mol. The fraction of sp³-hybridized carbons (Fsp3) is 0.190. The van der Waals surface area contributed by atoms with Crippen molar-refractivity contribution in [3.05, 3.63) is 77.2 Å². The Balaban J connectivity index is 1.88. The van der Waals surface area contributed by atoms with Crippen LogP contribution in [0.25, 0.3) is 0 Å². The molecule has 3 rings (SSSR count). The van der Waals surface area contributed by atoms with Gasteiger partial charge in [0.2, 0.25) is 5.91 Å². The molecule has 2 N–H and O–H groups in total. The number of hydrogen-bond acceptors (Lipinski definition) is 5. The molecule has 6 nitrogen and oxygen atoms in total. The van der Waals surface area contributed by atoms with Crippen LogP contribution in [0.4, 0.5) is 5.69 Å². The van der Waals surface area contributed by atoms with Crippen LogP contribution in [0.3, 0.4) is 0 Å². The van der Waals surface area contributed by atoms with Gasteiger partial charge in [0.25, 0.3) is 10.0 Å². The first-order valence-electron chi connectivity index (χ1n) is 8.94. The summed E-state index contributed by atoms with van der Waals surface area (Å²) in [6.07, 6.45) is 0.214. The zero-order valence-electron chi connectivity index (χ0n) is 16.1. The lowest BCUT2D eigenvalue weighted by atomic mass is 10.1. The number of sulfonamides is 1. The van der Waals surface area contributed by atoms with Crippen LogP contribution in [0.5, 0.6) is 5.75 Å². The van der Waals surface area contributed by atoms with Gasteiger partial charge in [0, 0.05) is 0 Å². The third-order valence-corrected chi connectivity index (χ3v) is 7.14. The Hall–Kier alpha value is -2.68. The summed E-state index contributed by atoms with van der Waals surface area (Å²) in [5, 5.41) is 4.48. The topological polar surface area (TPSA) is 84.5 Å². The number of amides is 1. The number of hydrogen-bond donors (Lipinski definition) is 2. The quantitative estimate of drug-likeness (QED) is 0.572. The van der Waals surface area contributed by atoms with Crippen molar-refractivity contribution >= 4 is 33.0 Å². The Bertz CT molecular complexity index is 1070. The molecule has 0 fully saturated rings. The number of thiophene rings is 1. The molecule has 0 saturated carbocycles. The second-order valence-electron chi connectivity index (χ2n) is 6.49. The van der Waals surface area contributed by atoms with Crippen molar-refractivity contribution in [3.8, 4) is 5.75 Å². The van der Waals surface area contributed by atoms with Crippen LogP contribution in [0.15, 0.2) is 70.3 Å². The highest BCUT2D eigenvalue weighted by Crippen LogP contribution is 2.26. The van der Waals surface area contributed by atoms with Crippen LogP contribution in [0.2, 0.25) is 0 Å². The molecule has 0 bridgehead atoms. The van der Waals surface area contributed by atoms with Crippen LogP contribution in [-0.2, 0) is 21.2 Å². The van der Waals surface area contributed by atoms with Crippen LogP contribution in [0, 0.1) is 6.92 Å². The Kier molecular flexibility index (Phi) is 6.68. The summed E-state index contributed by atoms with van der Waals surface area (Å²) in [7, 11) is -2.31. The number of methoxy groups -OCH3 is 1. The summed E-state index contributed by atoms with van der Waals surface area (Å²) >= 11 is 1.10. The third-order valence-electron chi connectivity index (χ3n) is 4.27. The van der Waals surface area contributed by atoms with Gasteiger partial charge in [-0.2, -0.15) is 4.72 Å². The van der Waals surface area contributed by atoms with E-state index in [4.69, 9.17) is 4.74 Å². The molecule has 1 heterocycles. The highest BCUT2D eigenvalue weighted by atomic mass is 32.2. The number of ether oxygens (including phenoxy) is 1. The molecule has 0 aliphatic heterocycles. The van der Waals surface area contributed by atoms with Gasteiger partial charge in [0.15, 0.2) is 0 Å². The summed E-state index contributed by atoms with van der Waals surface area (Å²) < 4.78 is 33.5. The van der Waals surface area contributed by atoms with E-state index < -0.39 is 22.0 Å². The molecular formula is C21H22N2O4S2. The van der Waals surface area contributed by atoms with E-state index in [1.807, 2.05) is 43.3 Å². The zero-order valence-corrected chi connectivity index (χ0v) is 17.7. The largest absolute Gasteiger partial charge is 0.495 e. The molecule has 0 aliphatic carbocycles. The second kappa shape index (κ2) is 9.21. The van der Waals surface area contributed by atoms with E-state index in [1.54, 1.807) is 23.6 Å². The molecule has 0 radical (unpaired) electrons. The lowest BCUT2D eigenvalue weighted by molar-refractivity contribution is -0.117. The first-order chi connectivity index (χ1) is 13.9. The van der Waals surface area contributed by atoms with Crippen LogP contribution >= 0.6 is 11.3 Å². The number of aryl methyl sites for hydroxylation is 1. The smallest absolute Gasteiger partial charge is 0.250 e. The monoisotopic (exact) mass is 430 g/mol. The van der Waals surface area contributed by atoms with Gasteiger partial charge < -0.3 is 10.1 Å². The minimum absolute atomic E-state index is 0.163. The summed E-state index contributed by atoms with van der Waals surface area (Å²) in [5.41, 5.74) is 2.28. The average Bonchev–Trinajstić information content (AvgIpc) is 3.24. The van der Waals surface area contributed by atoms with Gasteiger partial charge in [-0.15, -0.1) is 11.3 Å². The van der Waals surface area contributed by atoms with Gasteiger partial charge in [-0.05, 0) is 48.1 Å². The maximum atomic E-state index is 13.1. The van der Waals surface area contributed by atoms with Crippen molar-refractivity contribution in [2.75, 3.05) is 12.4 Å². The molecule has 3 aromatic rings. The summed E-state index contributed by atoms with van der Waals surface area (Å²) in [4.78, 5) is 13.1. The van der Waals surface area contributed by atoms with Gasteiger partial charge >= 0.3 is 0 Å². The van der Waals surface area contributed by atoms with E-state index in [0.717, 1.165) is 22.5 Å². The van der Waals surface area contributed by atoms with E-state index in [1.165, 1.54) is 13.2 Å². The summed E-state index contributed by atoms with van der Waals surface area (Å²) in [6.45, 7) is 1.90. The SMILES string of the molecule is COc1ccc(C)cc1NC(=O)[C@@H](Cc1ccccc1)NS(=O)(=O)c1cccs1. The van der Waals surface area contributed by atoms with E-state index in [9.17, 15) is 13.2 Å². The first-order valence-corrected chi connectivity index (χ1v) is 11.3. The molecule has 0 saturated heterocycles. The summed E-state index contributed by atoms with van der Waals surface area (Å²) in [5.74, 6) is 0.0430. The van der Waals surface area contributed by atoms with Crippen LogP contribution in [-0.4, -0.2) is 27.5 Å². The van der Waals surface area contributed by atoms with Gasteiger partial charge in [-0.1, -0.05) is 42.5 Å².